The Kier molecular flexibility index (Phi) is 15.0. The van der Waals surface area contributed by atoms with Crippen LogP contribution >= 0.6 is 12.6 Å². The van der Waals surface area contributed by atoms with Crippen LogP contribution in [0, 0.1) is 0 Å². The van der Waals surface area contributed by atoms with Crippen molar-refractivity contribution in [3.05, 3.63) is 0 Å². The number of carbonyl (C=O) groups excluding carboxylic acids is 4. The van der Waals surface area contributed by atoms with Crippen LogP contribution in [0.15, 0.2) is 0 Å². The maximum Gasteiger partial charge on any atom is 0.243 e. The van der Waals surface area contributed by atoms with Gasteiger partial charge in [0, 0.05) is 26.3 Å². The van der Waals surface area contributed by atoms with E-state index in [1.54, 1.807) is 21.0 Å². The van der Waals surface area contributed by atoms with E-state index < -0.39 is 35.8 Å². The van der Waals surface area contributed by atoms with E-state index in [-0.39, 0.29) is 18.2 Å². The predicted molar refractivity (Wildman–Crippen MR) is 112 cm³/mol. The van der Waals surface area contributed by atoms with Gasteiger partial charge in [-0.1, -0.05) is 13.8 Å². The molecule has 29 heavy (non-hydrogen) atoms. The van der Waals surface area contributed by atoms with Gasteiger partial charge in [-0.3, -0.25) is 19.2 Å². The van der Waals surface area contributed by atoms with Crippen LogP contribution in [0.5, 0.6) is 0 Å². The van der Waals surface area contributed by atoms with Gasteiger partial charge >= 0.3 is 0 Å². The lowest BCUT2D eigenvalue weighted by Crippen LogP contribution is -2.57. The Morgan fingerprint density at radius 3 is 1.86 bits per heavy atom. The van der Waals surface area contributed by atoms with Crippen LogP contribution in [0.4, 0.5) is 0 Å². The Balaban J connectivity index is 4.61. The minimum Gasteiger partial charge on any atom is -0.382 e. The molecular formula is C18H34N4O6S. The number of ether oxygens (including phenoxy) is 2. The zero-order valence-corrected chi connectivity index (χ0v) is 18.5. The molecule has 0 aliphatic rings. The molecule has 0 saturated carbocycles. The highest BCUT2D eigenvalue weighted by molar-refractivity contribution is 7.80. The summed E-state index contributed by atoms with van der Waals surface area (Å²) < 4.78 is 10.1. The molecule has 0 rings (SSSR count). The third-order valence-corrected chi connectivity index (χ3v) is 4.30. The van der Waals surface area contributed by atoms with Gasteiger partial charge in [0.15, 0.2) is 0 Å². The number of hydrogen-bond acceptors (Lipinski definition) is 7. The van der Waals surface area contributed by atoms with E-state index in [4.69, 9.17) is 9.47 Å². The zero-order valence-electron chi connectivity index (χ0n) is 17.6. The molecule has 3 atom stereocenters. The van der Waals surface area contributed by atoms with Crippen molar-refractivity contribution in [2.24, 2.45) is 0 Å². The van der Waals surface area contributed by atoms with Crippen LogP contribution in [0.1, 0.15) is 33.6 Å². The monoisotopic (exact) mass is 434 g/mol. The molecule has 4 N–H and O–H groups in total. The minimum absolute atomic E-state index is 0.0932. The maximum atomic E-state index is 12.5. The first kappa shape index (κ1) is 27.1. The second-order valence-electron chi connectivity index (χ2n) is 6.27. The second-order valence-corrected chi connectivity index (χ2v) is 6.64. The number of hydrogen-bond donors (Lipinski definition) is 5. The summed E-state index contributed by atoms with van der Waals surface area (Å²) in [6.07, 6.45) is 0.708. The molecule has 0 aliphatic heterocycles. The van der Waals surface area contributed by atoms with Gasteiger partial charge in [-0.25, -0.2) is 0 Å². The minimum atomic E-state index is -0.854. The average Bonchev–Trinajstić information content (AvgIpc) is 2.69. The van der Waals surface area contributed by atoms with E-state index in [9.17, 15) is 19.2 Å². The second kappa shape index (κ2) is 16.0. The molecule has 0 aromatic carbocycles. The van der Waals surface area contributed by atoms with Gasteiger partial charge < -0.3 is 30.7 Å². The fourth-order valence-corrected chi connectivity index (χ4v) is 2.56. The normalized spacial score (nSPS) is 13.7. The average molecular weight is 435 g/mol. The number of thiol groups is 1. The number of methoxy groups -OCH3 is 1. The molecule has 11 heteroatoms. The summed E-state index contributed by atoms with van der Waals surface area (Å²) in [5.74, 6) is -1.58. The van der Waals surface area contributed by atoms with Gasteiger partial charge in [0.1, 0.15) is 18.1 Å². The molecular weight excluding hydrogens is 400 g/mol. The van der Waals surface area contributed by atoms with Crippen molar-refractivity contribution >= 4 is 36.3 Å². The first-order valence-corrected chi connectivity index (χ1v) is 10.3. The van der Waals surface area contributed by atoms with Crippen molar-refractivity contribution in [1.82, 2.24) is 21.3 Å². The summed E-state index contributed by atoms with van der Waals surface area (Å²) >= 11 is 4.12. The first-order chi connectivity index (χ1) is 13.8. The molecule has 0 unspecified atom stereocenters. The third-order valence-electron chi connectivity index (χ3n) is 3.94. The predicted octanol–water partition coefficient (Wildman–Crippen LogP) is -1.01. The van der Waals surface area contributed by atoms with Gasteiger partial charge in [0.05, 0.1) is 19.8 Å². The largest absolute Gasteiger partial charge is 0.382 e. The highest BCUT2D eigenvalue weighted by atomic mass is 32.1. The molecule has 0 aromatic heterocycles. The molecule has 0 radical (unpaired) electrons. The van der Waals surface area contributed by atoms with E-state index >= 15 is 0 Å². The molecule has 0 fully saturated rings. The molecule has 10 nitrogen and oxygen atoms in total. The molecule has 0 bridgehead atoms. The Morgan fingerprint density at radius 1 is 0.828 bits per heavy atom. The molecule has 0 aromatic rings. The van der Waals surface area contributed by atoms with Gasteiger partial charge in [-0.15, -0.1) is 0 Å². The summed E-state index contributed by atoms with van der Waals surface area (Å²) in [6.45, 7) is 6.29. The first-order valence-electron chi connectivity index (χ1n) is 9.63. The smallest absolute Gasteiger partial charge is 0.243 e. The van der Waals surface area contributed by atoms with Gasteiger partial charge in [0.25, 0.3) is 0 Å². The fourth-order valence-electron chi connectivity index (χ4n) is 2.30. The summed E-state index contributed by atoms with van der Waals surface area (Å²) in [5.41, 5.74) is 0. The summed E-state index contributed by atoms with van der Waals surface area (Å²) in [4.78, 5) is 48.2. The van der Waals surface area contributed by atoms with Crippen LogP contribution in [0.2, 0.25) is 0 Å². The number of amides is 4. The number of rotatable bonds is 15. The lowest BCUT2D eigenvalue weighted by Gasteiger charge is -2.23. The quantitative estimate of drug-likeness (QED) is 0.166. The highest BCUT2D eigenvalue weighted by Crippen LogP contribution is 1.99. The van der Waals surface area contributed by atoms with Crippen LogP contribution in [-0.2, 0) is 28.7 Å². The Labute approximate surface area is 177 Å². The van der Waals surface area contributed by atoms with Crippen molar-refractivity contribution < 1.29 is 28.7 Å². The molecule has 0 spiro atoms. The van der Waals surface area contributed by atoms with Crippen molar-refractivity contribution in [1.29, 1.82) is 0 Å². The maximum absolute atomic E-state index is 12.5. The third kappa shape index (κ3) is 11.7. The number of nitrogens with one attached hydrogen (secondary N) is 4. The van der Waals surface area contributed by atoms with Crippen LogP contribution in [0.3, 0.4) is 0 Å². The molecule has 0 heterocycles. The Morgan fingerprint density at radius 2 is 1.38 bits per heavy atom. The number of carbonyl (C=O) groups is 4. The molecule has 168 valence electrons. The van der Waals surface area contributed by atoms with Crippen molar-refractivity contribution in [3.8, 4) is 0 Å². The van der Waals surface area contributed by atoms with E-state index in [0.29, 0.717) is 32.7 Å². The lowest BCUT2D eigenvalue weighted by molar-refractivity contribution is -0.133. The van der Waals surface area contributed by atoms with E-state index in [0.717, 1.165) is 0 Å². The zero-order chi connectivity index (χ0) is 22.2. The van der Waals surface area contributed by atoms with E-state index in [1.165, 1.54) is 6.92 Å². The van der Waals surface area contributed by atoms with E-state index in [1.807, 2.05) is 0 Å². The van der Waals surface area contributed by atoms with Crippen molar-refractivity contribution in [2.45, 2.75) is 51.7 Å². The lowest BCUT2D eigenvalue weighted by atomic mass is 10.1. The van der Waals surface area contributed by atoms with Gasteiger partial charge in [-0.05, 0) is 12.8 Å². The van der Waals surface area contributed by atoms with Crippen molar-refractivity contribution in [3.63, 3.8) is 0 Å². The molecule has 4 amide bonds. The highest BCUT2D eigenvalue weighted by Gasteiger charge is 2.27. The van der Waals surface area contributed by atoms with E-state index in [2.05, 4.69) is 33.9 Å². The Hall–Kier alpha value is -1.85. The molecule has 0 saturated heterocycles. The summed E-state index contributed by atoms with van der Waals surface area (Å²) in [5, 5.41) is 10.4. The fraction of sp³-hybridized carbons (Fsp3) is 0.778. The van der Waals surface area contributed by atoms with Crippen LogP contribution < -0.4 is 21.3 Å². The standard InChI is InChI=1S/C18H34N4O6S/c1-5-13(20-12(3)23)17(25)21-14(6-2)18(26)22-15(11-29)16(24)19-7-8-28-10-9-27-4/h13-15,29H,5-11H2,1-4H3,(H,19,24)(H,20,23)(H,21,25)(H,22,26)/t13-,14+,15-/m0/s1. The van der Waals surface area contributed by atoms with Gasteiger partial charge in [0.2, 0.25) is 23.6 Å². The van der Waals surface area contributed by atoms with Gasteiger partial charge in [-0.2, -0.15) is 12.6 Å². The van der Waals surface area contributed by atoms with Crippen LogP contribution in [0.25, 0.3) is 0 Å². The molecule has 0 aliphatic carbocycles. The summed E-state index contributed by atoms with van der Waals surface area (Å²) in [7, 11) is 1.57. The topological polar surface area (TPSA) is 135 Å². The van der Waals surface area contributed by atoms with Crippen molar-refractivity contribution in [2.75, 3.05) is 39.2 Å². The Bertz CT molecular complexity index is 534. The SMILES string of the molecule is CC[C@H](NC(C)=O)C(=O)N[C@H](CC)C(=O)N[C@@H](CS)C(=O)NCCOCCOC. The summed E-state index contributed by atoms with van der Waals surface area (Å²) in [6, 6.07) is -2.41. The van der Waals surface area contributed by atoms with Crippen LogP contribution in [-0.4, -0.2) is 81.0 Å².